The van der Waals surface area contributed by atoms with Gasteiger partial charge in [0.25, 0.3) is 0 Å². The average Bonchev–Trinajstić information content (AvgIpc) is 2.86. The Hall–Kier alpha value is -1.95. The summed E-state index contributed by atoms with van der Waals surface area (Å²) < 4.78 is 23.6. The molecule has 6 heteroatoms. The smallest absolute Gasteiger partial charge is 0.231 e. The predicted molar refractivity (Wildman–Crippen MR) is 72.3 cm³/mol. The molecule has 0 saturated carbocycles. The molecule has 1 atom stereocenters. The Morgan fingerprint density at radius 3 is 2.90 bits per heavy atom. The second kappa shape index (κ2) is 6.47. The summed E-state index contributed by atoms with van der Waals surface area (Å²) in [6, 6.07) is 5.06. The van der Waals surface area contributed by atoms with Crippen LogP contribution in [0.1, 0.15) is 24.2 Å². The first-order valence-corrected chi connectivity index (χ1v) is 6.43. The number of halogens is 1. The SMILES string of the molecule is CNC(C)Cc1noc(Cc2ccc(OC)c(F)c2)n1. The maximum atomic E-state index is 13.6. The van der Waals surface area contributed by atoms with Crippen molar-refractivity contribution in [2.45, 2.75) is 25.8 Å². The van der Waals surface area contributed by atoms with Crippen molar-refractivity contribution < 1.29 is 13.7 Å². The summed E-state index contributed by atoms with van der Waals surface area (Å²) >= 11 is 0. The van der Waals surface area contributed by atoms with Gasteiger partial charge in [0.1, 0.15) is 0 Å². The zero-order valence-corrected chi connectivity index (χ0v) is 11.8. The molecule has 0 radical (unpaired) electrons. The fourth-order valence-corrected chi connectivity index (χ4v) is 1.82. The normalized spacial score (nSPS) is 12.4. The Kier molecular flexibility index (Phi) is 4.68. The van der Waals surface area contributed by atoms with Crippen molar-refractivity contribution in [2.75, 3.05) is 14.2 Å². The van der Waals surface area contributed by atoms with Gasteiger partial charge in [-0.2, -0.15) is 4.98 Å². The van der Waals surface area contributed by atoms with E-state index >= 15 is 0 Å². The quantitative estimate of drug-likeness (QED) is 0.876. The van der Waals surface area contributed by atoms with Crippen molar-refractivity contribution >= 4 is 0 Å². The van der Waals surface area contributed by atoms with Crippen molar-refractivity contribution in [3.8, 4) is 5.75 Å². The lowest BCUT2D eigenvalue weighted by Gasteiger charge is -2.04. The van der Waals surface area contributed by atoms with Crippen LogP contribution in [0.4, 0.5) is 4.39 Å². The molecule has 1 N–H and O–H groups in total. The van der Waals surface area contributed by atoms with Crippen LogP contribution in [0.2, 0.25) is 0 Å². The van der Waals surface area contributed by atoms with Gasteiger partial charge in [0.15, 0.2) is 17.4 Å². The lowest BCUT2D eigenvalue weighted by Crippen LogP contribution is -2.24. The van der Waals surface area contributed by atoms with Gasteiger partial charge in [-0.1, -0.05) is 11.2 Å². The highest BCUT2D eigenvalue weighted by Crippen LogP contribution is 2.19. The Morgan fingerprint density at radius 2 is 2.25 bits per heavy atom. The van der Waals surface area contributed by atoms with Gasteiger partial charge < -0.3 is 14.6 Å². The second-order valence-electron chi connectivity index (χ2n) is 4.64. The minimum atomic E-state index is -0.395. The molecule has 0 bridgehead atoms. The molecule has 1 aromatic heterocycles. The molecule has 0 aliphatic heterocycles. The lowest BCUT2D eigenvalue weighted by molar-refractivity contribution is 0.375. The van der Waals surface area contributed by atoms with E-state index in [4.69, 9.17) is 9.26 Å². The molecule has 2 rings (SSSR count). The van der Waals surface area contributed by atoms with Gasteiger partial charge in [0.05, 0.1) is 13.5 Å². The van der Waals surface area contributed by atoms with Gasteiger partial charge in [0.2, 0.25) is 5.89 Å². The molecule has 0 aliphatic rings. The first-order chi connectivity index (χ1) is 9.62. The molecule has 0 aliphatic carbocycles. The fraction of sp³-hybridized carbons (Fsp3) is 0.429. The van der Waals surface area contributed by atoms with E-state index in [-0.39, 0.29) is 11.8 Å². The Labute approximate surface area is 117 Å². The van der Waals surface area contributed by atoms with E-state index in [9.17, 15) is 4.39 Å². The van der Waals surface area contributed by atoms with Crippen molar-refractivity contribution in [2.24, 2.45) is 0 Å². The number of likely N-dealkylation sites (N-methyl/N-ethyl adjacent to an activating group) is 1. The number of nitrogens with zero attached hydrogens (tertiary/aromatic N) is 2. The summed E-state index contributed by atoms with van der Waals surface area (Å²) in [4.78, 5) is 4.29. The summed E-state index contributed by atoms with van der Waals surface area (Å²) in [6.07, 6.45) is 1.10. The Bertz CT molecular complexity index is 571. The molecule has 2 aromatic rings. The monoisotopic (exact) mass is 279 g/mol. The molecule has 0 fully saturated rings. The summed E-state index contributed by atoms with van der Waals surface area (Å²) in [6.45, 7) is 2.04. The highest BCUT2D eigenvalue weighted by atomic mass is 19.1. The molecule has 20 heavy (non-hydrogen) atoms. The maximum Gasteiger partial charge on any atom is 0.231 e. The Morgan fingerprint density at radius 1 is 1.45 bits per heavy atom. The van der Waals surface area contributed by atoms with Crippen molar-refractivity contribution in [1.29, 1.82) is 0 Å². The van der Waals surface area contributed by atoms with Gasteiger partial charge >= 0.3 is 0 Å². The third-order valence-corrected chi connectivity index (χ3v) is 3.06. The van der Waals surface area contributed by atoms with Crippen LogP contribution in [0.25, 0.3) is 0 Å². The van der Waals surface area contributed by atoms with Crippen LogP contribution in [-0.4, -0.2) is 30.3 Å². The first kappa shape index (κ1) is 14.5. The molecule has 0 saturated heterocycles. The van der Waals surface area contributed by atoms with E-state index in [2.05, 4.69) is 15.5 Å². The highest BCUT2D eigenvalue weighted by molar-refractivity contribution is 5.30. The van der Waals surface area contributed by atoms with E-state index < -0.39 is 5.82 Å². The van der Waals surface area contributed by atoms with Crippen LogP contribution in [0.15, 0.2) is 22.7 Å². The largest absolute Gasteiger partial charge is 0.494 e. The minimum absolute atomic E-state index is 0.225. The van der Waals surface area contributed by atoms with E-state index in [1.807, 2.05) is 14.0 Å². The van der Waals surface area contributed by atoms with Crippen molar-refractivity contribution in [3.05, 3.63) is 41.3 Å². The molecule has 1 unspecified atom stereocenters. The molecular formula is C14H18FN3O2. The number of methoxy groups -OCH3 is 1. The number of hydrogen-bond acceptors (Lipinski definition) is 5. The number of ether oxygens (including phenoxy) is 1. The van der Waals surface area contributed by atoms with E-state index in [0.717, 1.165) is 5.56 Å². The molecule has 1 heterocycles. The van der Waals surface area contributed by atoms with Crippen molar-refractivity contribution in [1.82, 2.24) is 15.5 Å². The van der Waals surface area contributed by atoms with Crippen LogP contribution < -0.4 is 10.1 Å². The zero-order valence-electron chi connectivity index (χ0n) is 11.8. The van der Waals surface area contributed by atoms with Crippen LogP contribution in [-0.2, 0) is 12.8 Å². The van der Waals surface area contributed by atoms with Gasteiger partial charge in [0, 0.05) is 12.5 Å². The molecule has 0 amide bonds. The summed E-state index contributed by atoms with van der Waals surface area (Å²) in [5, 5.41) is 7.02. The van der Waals surface area contributed by atoms with E-state index in [1.54, 1.807) is 12.1 Å². The van der Waals surface area contributed by atoms with Crippen LogP contribution in [0.5, 0.6) is 5.75 Å². The summed E-state index contributed by atoms with van der Waals surface area (Å²) in [5.41, 5.74) is 0.764. The third-order valence-electron chi connectivity index (χ3n) is 3.06. The molecule has 108 valence electrons. The van der Waals surface area contributed by atoms with Crippen LogP contribution in [0.3, 0.4) is 0 Å². The van der Waals surface area contributed by atoms with Gasteiger partial charge in [-0.05, 0) is 31.7 Å². The van der Waals surface area contributed by atoms with E-state index in [0.29, 0.717) is 24.6 Å². The summed E-state index contributed by atoms with van der Waals surface area (Å²) in [5.74, 6) is 0.958. The Balaban J connectivity index is 2.05. The minimum Gasteiger partial charge on any atom is -0.494 e. The van der Waals surface area contributed by atoms with Crippen LogP contribution >= 0.6 is 0 Å². The molecular weight excluding hydrogens is 261 g/mol. The zero-order chi connectivity index (χ0) is 14.5. The average molecular weight is 279 g/mol. The topological polar surface area (TPSA) is 60.2 Å². The predicted octanol–water partition coefficient (Wildman–Crippen LogP) is 1.96. The number of rotatable bonds is 6. The van der Waals surface area contributed by atoms with Gasteiger partial charge in [-0.15, -0.1) is 0 Å². The molecule has 5 nitrogen and oxygen atoms in total. The van der Waals surface area contributed by atoms with Gasteiger partial charge in [-0.3, -0.25) is 0 Å². The molecule has 1 aromatic carbocycles. The second-order valence-corrected chi connectivity index (χ2v) is 4.64. The van der Waals surface area contributed by atoms with Crippen molar-refractivity contribution in [3.63, 3.8) is 0 Å². The number of hydrogen-bond donors (Lipinski definition) is 1. The fourth-order valence-electron chi connectivity index (χ4n) is 1.82. The highest BCUT2D eigenvalue weighted by Gasteiger charge is 2.11. The first-order valence-electron chi connectivity index (χ1n) is 6.43. The maximum absolute atomic E-state index is 13.6. The van der Waals surface area contributed by atoms with E-state index in [1.165, 1.54) is 13.2 Å². The standard InChI is InChI=1S/C14H18FN3O2/c1-9(16-2)6-13-17-14(20-18-13)8-10-4-5-12(19-3)11(15)7-10/h4-5,7,9,16H,6,8H2,1-3H3. The number of aromatic nitrogens is 2. The lowest BCUT2D eigenvalue weighted by atomic mass is 10.1. The van der Waals surface area contributed by atoms with Gasteiger partial charge in [-0.25, -0.2) is 4.39 Å². The number of nitrogens with one attached hydrogen (secondary N) is 1. The number of benzene rings is 1. The molecule has 0 spiro atoms. The third kappa shape index (κ3) is 3.54. The van der Waals surface area contributed by atoms with Crippen LogP contribution in [0, 0.1) is 5.82 Å². The summed E-state index contributed by atoms with van der Waals surface area (Å²) in [7, 11) is 3.32.